The van der Waals surface area contributed by atoms with Crippen LogP contribution >= 0.6 is 0 Å². The average molecular weight is 467 g/mol. The lowest BCUT2D eigenvalue weighted by Crippen LogP contribution is -2.53. The van der Waals surface area contributed by atoms with Crippen molar-refractivity contribution >= 4 is 18.0 Å². The van der Waals surface area contributed by atoms with Gasteiger partial charge in [0, 0.05) is 5.92 Å². The first-order chi connectivity index (χ1) is 16.0. The fourth-order valence-electron chi connectivity index (χ4n) is 4.02. The molecule has 0 spiro atoms. The quantitative estimate of drug-likeness (QED) is 0.590. The summed E-state index contributed by atoms with van der Waals surface area (Å²) < 4.78 is 10.9. The zero-order valence-corrected chi connectivity index (χ0v) is 20.7. The van der Waals surface area contributed by atoms with Crippen molar-refractivity contribution in [3.8, 4) is 11.1 Å². The van der Waals surface area contributed by atoms with Gasteiger partial charge in [-0.2, -0.15) is 0 Å². The van der Waals surface area contributed by atoms with Gasteiger partial charge in [0.25, 0.3) is 0 Å². The summed E-state index contributed by atoms with van der Waals surface area (Å²) in [6.07, 6.45) is -0.692. The van der Waals surface area contributed by atoms with Gasteiger partial charge < -0.3 is 20.1 Å². The molecule has 2 atom stereocenters. The molecule has 182 valence electrons. The summed E-state index contributed by atoms with van der Waals surface area (Å²) in [6.45, 7) is 10.6. The van der Waals surface area contributed by atoms with Crippen LogP contribution in [0.15, 0.2) is 48.5 Å². The molecule has 2 aromatic rings. The van der Waals surface area contributed by atoms with E-state index in [0.717, 1.165) is 22.3 Å². The van der Waals surface area contributed by atoms with Crippen LogP contribution in [0.4, 0.5) is 4.79 Å². The zero-order valence-electron chi connectivity index (χ0n) is 20.7. The normalized spacial score (nSPS) is 14.6. The van der Waals surface area contributed by atoms with Gasteiger partial charge in [-0.1, -0.05) is 62.4 Å². The molecule has 0 fully saturated rings. The highest BCUT2D eigenvalue weighted by Gasteiger charge is 2.32. The Morgan fingerprint density at radius 3 is 1.91 bits per heavy atom. The van der Waals surface area contributed by atoms with E-state index in [9.17, 15) is 14.4 Å². The van der Waals surface area contributed by atoms with Crippen LogP contribution in [0.2, 0.25) is 0 Å². The Balaban J connectivity index is 1.58. The maximum absolute atomic E-state index is 12.7. The minimum atomic E-state index is -0.890. The third-order valence-corrected chi connectivity index (χ3v) is 5.70. The first-order valence-electron chi connectivity index (χ1n) is 11.6. The number of carbonyl (C=O) groups is 3. The summed E-state index contributed by atoms with van der Waals surface area (Å²) in [5.41, 5.74) is 3.84. The monoisotopic (exact) mass is 466 g/mol. The molecule has 7 heteroatoms. The van der Waals surface area contributed by atoms with Crippen LogP contribution in [-0.2, 0) is 19.1 Å². The molecule has 0 aromatic heterocycles. The molecule has 7 nitrogen and oxygen atoms in total. The van der Waals surface area contributed by atoms with Crippen LogP contribution in [0, 0.1) is 5.92 Å². The molecule has 0 saturated carbocycles. The number of fused-ring (bicyclic) bond motifs is 3. The number of hydrogen-bond donors (Lipinski definition) is 2. The average Bonchev–Trinajstić information content (AvgIpc) is 3.08. The van der Waals surface area contributed by atoms with Crippen molar-refractivity contribution in [2.24, 2.45) is 5.92 Å². The Morgan fingerprint density at radius 1 is 0.882 bits per heavy atom. The van der Waals surface area contributed by atoms with Gasteiger partial charge >= 0.3 is 12.1 Å². The molecule has 0 unspecified atom stereocenters. The highest BCUT2D eigenvalue weighted by atomic mass is 16.6. The van der Waals surface area contributed by atoms with Crippen LogP contribution in [0.25, 0.3) is 11.1 Å². The predicted octanol–water partition coefficient (Wildman–Crippen LogP) is 4.40. The van der Waals surface area contributed by atoms with Crippen molar-refractivity contribution in [3.63, 3.8) is 0 Å². The van der Waals surface area contributed by atoms with Crippen LogP contribution in [-0.4, -0.2) is 42.3 Å². The predicted molar refractivity (Wildman–Crippen MR) is 130 cm³/mol. The molecule has 2 aromatic carbocycles. The van der Waals surface area contributed by atoms with E-state index >= 15 is 0 Å². The van der Waals surface area contributed by atoms with E-state index in [1.54, 1.807) is 27.7 Å². The van der Waals surface area contributed by atoms with Gasteiger partial charge in [0.2, 0.25) is 5.91 Å². The number of alkyl carbamates (subject to hydrolysis) is 1. The fraction of sp³-hybridized carbons (Fsp3) is 0.444. The maximum atomic E-state index is 12.7. The molecule has 0 saturated heterocycles. The van der Waals surface area contributed by atoms with Crippen molar-refractivity contribution in [1.29, 1.82) is 0 Å². The molecular formula is C27H34N2O5. The zero-order chi connectivity index (χ0) is 25.0. The highest BCUT2D eigenvalue weighted by Crippen LogP contribution is 2.44. The molecule has 34 heavy (non-hydrogen) atoms. The Hall–Kier alpha value is -3.35. The van der Waals surface area contributed by atoms with Gasteiger partial charge in [-0.3, -0.25) is 4.79 Å². The minimum Gasteiger partial charge on any atom is -0.458 e. The van der Waals surface area contributed by atoms with Crippen LogP contribution in [0.3, 0.4) is 0 Å². The number of benzene rings is 2. The van der Waals surface area contributed by atoms with Crippen LogP contribution in [0.5, 0.6) is 0 Å². The van der Waals surface area contributed by atoms with E-state index in [1.807, 2.05) is 50.2 Å². The SMILES string of the molecule is CC(C)[C@H](NC(=O)[C@H](C)NC(=O)OCC1c2ccccc2-c2ccccc21)C(=O)OC(C)(C)C. The van der Waals surface area contributed by atoms with Crippen molar-refractivity contribution < 1.29 is 23.9 Å². The molecular weight excluding hydrogens is 432 g/mol. The number of esters is 1. The number of rotatable bonds is 7. The number of ether oxygens (including phenoxy) is 2. The molecule has 0 aliphatic heterocycles. The lowest BCUT2D eigenvalue weighted by molar-refractivity contribution is -0.160. The van der Waals surface area contributed by atoms with Gasteiger partial charge in [-0.05, 0) is 55.9 Å². The highest BCUT2D eigenvalue weighted by molar-refractivity contribution is 5.89. The summed E-state index contributed by atoms with van der Waals surface area (Å²) in [7, 11) is 0. The fourth-order valence-corrected chi connectivity index (χ4v) is 4.02. The molecule has 1 aliphatic carbocycles. The number of hydrogen-bond acceptors (Lipinski definition) is 5. The van der Waals surface area contributed by atoms with Gasteiger partial charge in [0.05, 0.1) is 0 Å². The summed E-state index contributed by atoms with van der Waals surface area (Å²) >= 11 is 0. The lowest BCUT2D eigenvalue weighted by atomic mass is 9.98. The van der Waals surface area contributed by atoms with E-state index in [0.29, 0.717) is 0 Å². The summed E-state index contributed by atoms with van der Waals surface area (Å²) in [5, 5.41) is 5.24. The van der Waals surface area contributed by atoms with Gasteiger partial charge in [0.15, 0.2) is 0 Å². The Labute approximate surface area is 201 Å². The van der Waals surface area contributed by atoms with Gasteiger partial charge in [-0.15, -0.1) is 0 Å². The first kappa shape index (κ1) is 25.3. The molecule has 3 rings (SSSR count). The number of carbonyl (C=O) groups excluding carboxylic acids is 3. The third-order valence-electron chi connectivity index (χ3n) is 5.70. The minimum absolute atomic E-state index is 0.0697. The van der Waals surface area contributed by atoms with E-state index in [2.05, 4.69) is 22.8 Å². The topological polar surface area (TPSA) is 93.7 Å². The first-order valence-corrected chi connectivity index (χ1v) is 11.6. The molecule has 0 radical (unpaired) electrons. The lowest BCUT2D eigenvalue weighted by Gasteiger charge is -2.27. The van der Waals surface area contributed by atoms with Crippen LogP contribution in [0.1, 0.15) is 58.6 Å². The van der Waals surface area contributed by atoms with Crippen molar-refractivity contribution in [3.05, 3.63) is 59.7 Å². The molecule has 0 bridgehead atoms. The summed E-state index contributed by atoms with van der Waals surface area (Å²) in [6, 6.07) is 14.4. The Kier molecular flexibility index (Phi) is 7.64. The second kappa shape index (κ2) is 10.3. The second-order valence-electron chi connectivity index (χ2n) is 9.96. The molecule has 0 heterocycles. The number of nitrogens with one attached hydrogen (secondary N) is 2. The summed E-state index contributed by atoms with van der Waals surface area (Å²) in [5.74, 6) is -1.25. The number of amides is 2. The molecule has 2 N–H and O–H groups in total. The largest absolute Gasteiger partial charge is 0.458 e. The van der Waals surface area contributed by atoms with Crippen molar-refractivity contribution in [2.75, 3.05) is 6.61 Å². The smallest absolute Gasteiger partial charge is 0.407 e. The molecule has 1 aliphatic rings. The summed E-state index contributed by atoms with van der Waals surface area (Å²) in [4.78, 5) is 37.6. The molecule has 2 amide bonds. The Bertz CT molecular complexity index is 1010. The third kappa shape index (κ3) is 5.95. The maximum Gasteiger partial charge on any atom is 0.407 e. The van der Waals surface area contributed by atoms with E-state index in [4.69, 9.17) is 9.47 Å². The van der Waals surface area contributed by atoms with Crippen molar-refractivity contribution in [2.45, 2.75) is 65.1 Å². The van der Waals surface area contributed by atoms with Gasteiger partial charge in [-0.25, -0.2) is 9.59 Å². The standard InChI is InChI=1S/C27H34N2O5/c1-16(2)23(25(31)34-27(4,5)6)29-24(30)17(3)28-26(32)33-15-22-20-13-9-7-11-18(20)19-12-8-10-14-21(19)22/h7-14,16-17,22-23H,15H2,1-6H3,(H,28,32)(H,29,30)/t17-,23-/m0/s1. The Morgan fingerprint density at radius 2 is 1.41 bits per heavy atom. The van der Waals surface area contributed by atoms with Gasteiger partial charge in [0.1, 0.15) is 24.3 Å². The van der Waals surface area contributed by atoms with E-state index in [-0.39, 0.29) is 18.4 Å². The van der Waals surface area contributed by atoms with Crippen LogP contribution < -0.4 is 10.6 Å². The van der Waals surface area contributed by atoms with E-state index in [1.165, 1.54) is 0 Å². The van der Waals surface area contributed by atoms with Crippen molar-refractivity contribution in [1.82, 2.24) is 10.6 Å². The second-order valence-corrected chi connectivity index (χ2v) is 9.96. The van der Waals surface area contributed by atoms with E-state index < -0.39 is 35.7 Å².